The molecular weight excluding hydrogens is 288 g/mol. The lowest BCUT2D eigenvalue weighted by molar-refractivity contribution is -0.118. The van der Waals surface area contributed by atoms with Gasteiger partial charge >= 0.3 is 0 Å². The lowest BCUT2D eigenvalue weighted by Gasteiger charge is -2.41. The third-order valence-electron chi connectivity index (χ3n) is 5.30. The first-order valence-corrected chi connectivity index (χ1v) is 8.75. The Morgan fingerprint density at radius 3 is 2.74 bits per heavy atom. The molecular formula is C19H26N2O2. The number of nitrogens with one attached hydrogen (secondary N) is 1. The summed E-state index contributed by atoms with van der Waals surface area (Å²) in [5, 5.41) is 2.92. The van der Waals surface area contributed by atoms with E-state index in [1.54, 1.807) is 18.2 Å². The Labute approximate surface area is 138 Å². The van der Waals surface area contributed by atoms with Gasteiger partial charge in [-0.3, -0.25) is 14.5 Å². The van der Waals surface area contributed by atoms with Crippen molar-refractivity contribution in [1.29, 1.82) is 0 Å². The Morgan fingerprint density at radius 2 is 1.96 bits per heavy atom. The van der Waals surface area contributed by atoms with E-state index in [1.165, 1.54) is 39.0 Å². The molecule has 1 heterocycles. The van der Waals surface area contributed by atoms with Gasteiger partial charge in [-0.15, -0.1) is 0 Å². The van der Waals surface area contributed by atoms with Gasteiger partial charge in [-0.2, -0.15) is 0 Å². The highest BCUT2D eigenvalue weighted by atomic mass is 16.2. The summed E-state index contributed by atoms with van der Waals surface area (Å²) in [6.07, 6.45) is 6.66. The van der Waals surface area contributed by atoms with Crippen molar-refractivity contribution in [2.45, 2.75) is 39.0 Å². The number of Topliss-reactive ketones (excluding diaryl/α,β-unsaturated/α-hetero) is 1. The number of amides is 1. The fraction of sp³-hybridized carbons (Fsp3) is 0.579. The Hall–Kier alpha value is -1.68. The molecule has 4 heteroatoms. The minimum absolute atomic E-state index is 0.0139. The molecule has 1 aliphatic heterocycles. The van der Waals surface area contributed by atoms with Crippen LogP contribution in [0.25, 0.3) is 0 Å². The molecule has 1 saturated carbocycles. The molecule has 2 atom stereocenters. The second kappa shape index (κ2) is 7.26. The SMILES string of the molecule is CC(=O)c1cccc(NC(=O)CN2CC[C@@H]3CCCC[C@@H]3C2)c1. The quantitative estimate of drug-likeness (QED) is 0.867. The van der Waals surface area contributed by atoms with Crippen LogP contribution in [0.5, 0.6) is 0 Å². The normalized spacial score (nSPS) is 24.7. The van der Waals surface area contributed by atoms with Gasteiger partial charge in [0.25, 0.3) is 0 Å². The van der Waals surface area contributed by atoms with Crippen molar-refractivity contribution in [2.24, 2.45) is 11.8 Å². The highest BCUT2D eigenvalue weighted by molar-refractivity contribution is 5.97. The summed E-state index contributed by atoms with van der Waals surface area (Å²) >= 11 is 0. The van der Waals surface area contributed by atoms with Crippen LogP contribution in [-0.2, 0) is 4.79 Å². The van der Waals surface area contributed by atoms with Crippen molar-refractivity contribution in [3.63, 3.8) is 0 Å². The number of nitrogens with zero attached hydrogens (tertiary/aromatic N) is 1. The zero-order valence-electron chi connectivity index (χ0n) is 13.9. The predicted molar refractivity (Wildman–Crippen MR) is 91.6 cm³/mol. The van der Waals surface area contributed by atoms with Crippen molar-refractivity contribution in [3.8, 4) is 0 Å². The summed E-state index contributed by atoms with van der Waals surface area (Å²) in [7, 11) is 0. The molecule has 0 radical (unpaired) electrons. The number of carbonyl (C=O) groups excluding carboxylic acids is 2. The van der Waals surface area contributed by atoms with E-state index in [1.807, 2.05) is 6.07 Å². The molecule has 124 valence electrons. The molecule has 1 saturated heterocycles. The first kappa shape index (κ1) is 16.2. The van der Waals surface area contributed by atoms with E-state index in [-0.39, 0.29) is 11.7 Å². The van der Waals surface area contributed by atoms with Crippen molar-refractivity contribution in [1.82, 2.24) is 4.90 Å². The highest BCUT2D eigenvalue weighted by Crippen LogP contribution is 2.35. The number of likely N-dealkylation sites (tertiary alicyclic amines) is 1. The van der Waals surface area contributed by atoms with E-state index >= 15 is 0 Å². The van der Waals surface area contributed by atoms with Gasteiger partial charge in [0.05, 0.1) is 6.54 Å². The van der Waals surface area contributed by atoms with Crippen molar-refractivity contribution < 1.29 is 9.59 Å². The zero-order valence-corrected chi connectivity index (χ0v) is 13.9. The summed E-state index contributed by atoms with van der Waals surface area (Å²) in [5.74, 6) is 1.70. The number of hydrogen-bond acceptors (Lipinski definition) is 3. The Bertz CT molecular complexity index is 584. The first-order valence-electron chi connectivity index (χ1n) is 8.75. The molecule has 2 aliphatic rings. The van der Waals surface area contributed by atoms with E-state index in [0.29, 0.717) is 17.8 Å². The van der Waals surface area contributed by atoms with Crippen LogP contribution in [0.4, 0.5) is 5.69 Å². The number of hydrogen-bond donors (Lipinski definition) is 1. The van der Waals surface area contributed by atoms with Gasteiger partial charge in [0.2, 0.25) is 5.91 Å². The van der Waals surface area contributed by atoms with Gasteiger partial charge in [0.1, 0.15) is 0 Å². The van der Waals surface area contributed by atoms with Crippen LogP contribution in [0, 0.1) is 11.8 Å². The molecule has 2 fully saturated rings. The van der Waals surface area contributed by atoms with Gasteiger partial charge in [-0.25, -0.2) is 0 Å². The van der Waals surface area contributed by atoms with E-state index in [9.17, 15) is 9.59 Å². The van der Waals surface area contributed by atoms with Gasteiger partial charge in [0, 0.05) is 17.8 Å². The van der Waals surface area contributed by atoms with E-state index in [4.69, 9.17) is 0 Å². The van der Waals surface area contributed by atoms with Gasteiger partial charge in [0.15, 0.2) is 5.78 Å². The van der Waals surface area contributed by atoms with Crippen molar-refractivity contribution >= 4 is 17.4 Å². The first-order chi connectivity index (χ1) is 11.1. The van der Waals surface area contributed by atoms with Crippen LogP contribution in [0.1, 0.15) is 49.4 Å². The standard InChI is InChI=1S/C19H26N2O2/c1-14(22)16-7-4-8-18(11-16)20-19(23)13-21-10-9-15-5-2-3-6-17(15)12-21/h4,7-8,11,15,17H,2-3,5-6,9-10,12-13H2,1H3,(H,20,23)/t15-,17+/m0/s1. The minimum atomic E-state index is 0.0139. The van der Waals surface area contributed by atoms with E-state index in [2.05, 4.69) is 10.2 Å². The molecule has 0 bridgehead atoms. The van der Waals surface area contributed by atoms with E-state index in [0.717, 1.165) is 24.9 Å². The maximum atomic E-state index is 12.3. The van der Waals surface area contributed by atoms with Crippen LogP contribution in [0.3, 0.4) is 0 Å². The van der Waals surface area contributed by atoms with Gasteiger partial charge in [-0.1, -0.05) is 31.4 Å². The lowest BCUT2D eigenvalue weighted by Crippen LogP contribution is -2.44. The van der Waals surface area contributed by atoms with E-state index < -0.39 is 0 Å². The van der Waals surface area contributed by atoms with Crippen molar-refractivity contribution in [2.75, 3.05) is 25.0 Å². The van der Waals surface area contributed by atoms with Crippen LogP contribution < -0.4 is 5.32 Å². The Kier molecular flexibility index (Phi) is 5.11. The third kappa shape index (κ3) is 4.20. The maximum absolute atomic E-state index is 12.3. The highest BCUT2D eigenvalue weighted by Gasteiger charge is 2.31. The molecule has 0 unspecified atom stereocenters. The molecule has 1 aromatic carbocycles. The molecule has 1 aliphatic carbocycles. The average Bonchev–Trinajstić information content (AvgIpc) is 2.55. The number of carbonyl (C=O) groups is 2. The molecule has 1 amide bonds. The number of fused-ring (bicyclic) bond motifs is 1. The summed E-state index contributed by atoms with van der Waals surface area (Å²) < 4.78 is 0. The second-order valence-electron chi connectivity index (χ2n) is 7.01. The van der Waals surface area contributed by atoms with Crippen LogP contribution >= 0.6 is 0 Å². The number of ketones is 1. The predicted octanol–water partition coefficient (Wildman–Crippen LogP) is 3.34. The third-order valence-corrected chi connectivity index (χ3v) is 5.30. The average molecular weight is 314 g/mol. The van der Waals surface area contributed by atoms with Crippen LogP contribution in [0.15, 0.2) is 24.3 Å². The monoisotopic (exact) mass is 314 g/mol. The summed E-state index contributed by atoms with van der Waals surface area (Å²) in [6, 6.07) is 7.15. The smallest absolute Gasteiger partial charge is 0.238 e. The Balaban J connectivity index is 1.53. The fourth-order valence-corrected chi connectivity index (χ4v) is 4.04. The molecule has 0 spiro atoms. The van der Waals surface area contributed by atoms with Crippen LogP contribution in [0.2, 0.25) is 0 Å². The number of benzene rings is 1. The topological polar surface area (TPSA) is 49.4 Å². The second-order valence-corrected chi connectivity index (χ2v) is 7.01. The number of rotatable bonds is 4. The molecule has 23 heavy (non-hydrogen) atoms. The van der Waals surface area contributed by atoms with Gasteiger partial charge < -0.3 is 5.32 Å². The summed E-state index contributed by atoms with van der Waals surface area (Å²) in [5.41, 5.74) is 1.33. The largest absolute Gasteiger partial charge is 0.325 e. The lowest BCUT2D eigenvalue weighted by atomic mass is 9.75. The fourth-order valence-electron chi connectivity index (χ4n) is 4.04. The Morgan fingerprint density at radius 1 is 1.17 bits per heavy atom. The maximum Gasteiger partial charge on any atom is 0.238 e. The number of anilines is 1. The van der Waals surface area contributed by atoms with Gasteiger partial charge in [-0.05, 0) is 50.3 Å². The molecule has 1 aromatic rings. The summed E-state index contributed by atoms with van der Waals surface area (Å²) in [4.78, 5) is 26.0. The van der Waals surface area contributed by atoms with Crippen molar-refractivity contribution in [3.05, 3.63) is 29.8 Å². The molecule has 4 nitrogen and oxygen atoms in total. The number of piperidine rings is 1. The minimum Gasteiger partial charge on any atom is -0.325 e. The summed E-state index contributed by atoms with van der Waals surface area (Å²) in [6.45, 7) is 4.08. The molecule has 1 N–H and O–H groups in total. The zero-order chi connectivity index (χ0) is 16.2. The molecule has 3 rings (SSSR count). The molecule has 0 aromatic heterocycles. The van der Waals surface area contributed by atoms with Crippen LogP contribution in [-0.4, -0.2) is 36.2 Å².